The van der Waals surface area contributed by atoms with Gasteiger partial charge in [0.25, 0.3) is 0 Å². The molecule has 0 heterocycles. The molecule has 3 aliphatic carbocycles. The zero-order valence-electron chi connectivity index (χ0n) is 12.9. The third kappa shape index (κ3) is 3.94. The summed E-state index contributed by atoms with van der Waals surface area (Å²) in [6.07, 6.45) is 4.67. The van der Waals surface area contributed by atoms with Gasteiger partial charge in [-0.05, 0) is 38.5 Å². The summed E-state index contributed by atoms with van der Waals surface area (Å²) in [5, 5.41) is 0. The SMILES string of the molecule is O=C(CN(CC(F)(F)F)C1CCC1)N(C1CCCC1)C1CC1. The van der Waals surface area contributed by atoms with E-state index >= 15 is 0 Å². The van der Waals surface area contributed by atoms with Crippen LogP contribution in [0.25, 0.3) is 0 Å². The highest BCUT2D eigenvalue weighted by molar-refractivity contribution is 5.79. The molecule has 3 saturated carbocycles. The number of rotatable bonds is 6. The molecule has 0 aromatic rings. The molecular weight excluding hydrogens is 293 g/mol. The summed E-state index contributed by atoms with van der Waals surface area (Å²) in [5.74, 6) is -0.0782. The van der Waals surface area contributed by atoms with Crippen molar-refractivity contribution < 1.29 is 18.0 Å². The van der Waals surface area contributed by atoms with E-state index in [-0.39, 0.29) is 24.5 Å². The molecule has 1 amide bonds. The van der Waals surface area contributed by atoms with Crippen molar-refractivity contribution in [2.75, 3.05) is 13.1 Å². The number of amides is 1. The fourth-order valence-corrected chi connectivity index (χ4v) is 3.79. The Morgan fingerprint density at radius 1 is 0.864 bits per heavy atom. The van der Waals surface area contributed by atoms with Crippen molar-refractivity contribution in [1.82, 2.24) is 9.80 Å². The van der Waals surface area contributed by atoms with Crippen LogP contribution in [-0.4, -0.2) is 53.1 Å². The number of carbonyl (C=O) groups excluding carboxylic acids is 1. The fraction of sp³-hybridized carbons (Fsp3) is 0.938. The Morgan fingerprint density at radius 3 is 1.86 bits per heavy atom. The van der Waals surface area contributed by atoms with Crippen molar-refractivity contribution >= 4 is 5.91 Å². The lowest BCUT2D eigenvalue weighted by atomic mass is 9.91. The highest BCUT2D eigenvalue weighted by Crippen LogP contribution is 2.35. The van der Waals surface area contributed by atoms with E-state index in [0.717, 1.165) is 57.8 Å². The molecule has 3 aliphatic rings. The largest absolute Gasteiger partial charge is 0.401 e. The summed E-state index contributed by atoms with van der Waals surface area (Å²) in [6, 6.07) is 0.508. The number of alkyl halides is 3. The first-order valence-corrected chi connectivity index (χ1v) is 8.56. The van der Waals surface area contributed by atoms with Crippen molar-refractivity contribution in [2.45, 2.75) is 82.1 Å². The Hall–Kier alpha value is -0.780. The summed E-state index contributed by atoms with van der Waals surface area (Å²) >= 11 is 0. The van der Waals surface area contributed by atoms with Crippen LogP contribution in [0, 0.1) is 0 Å². The highest BCUT2D eigenvalue weighted by Gasteiger charge is 2.41. The zero-order chi connectivity index (χ0) is 15.7. The Bertz CT molecular complexity index is 399. The second-order valence-corrected chi connectivity index (χ2v) is 7.08. The minimum Gasteiger partial charge on any atom is -0.336 e. The van der Waals surface area contributed by atoms with Crippen molar-refractivity contribution in [3.8, 4) is 0 Å². The number of halogens is 3. The van der Waals surface area contributed by atoms with Gasteiger partial charge in [0.2, 0.25) is 5.91 Å². The second kappa shape index (κ2) is 6.38. The second-order valence-electron chi connectivity index (χ2n) is 7.08. The van der Waals surface area contributed by atoms with Crippen LogP contribution in [-0.2, 0) is 4.79 Å². The average Bonchev–Trinajstić information content (AvgIpc) is 2.99. The van der Waals surface area contributed by atoms with Crippen LogP contribution >= 0.6 is 0 Å². The van der Waals surface area contributed by atoms with Crippen LogP contribution in [0.5, 0.6) is 0 Å². The van der Waals surface area contributed by atoms with Gasteiger partial charge in [0.05, 0.1) is 13.1 Å². The van der Waals surface area contributed by atoms with Crippen molar-refractivity contribution in [1.29, 1.82) is 0 Å². The molecule has 0 atom stereocenters. The van der Waals surface area contributed by atoms with E-state index < -0.39 is 12.7 Å². The molecule has 0 radical (unpaired) electrons. The topological polar surface area (TPSA) is 23.6 Å². The predicted octanol–water partition coefficient (Wildman–Crippen LogP) is 3.34. The summed E-state index contributed by atoms with van der Waals surface area (Å²) in [4.78, 5) is 16.0. The van der Waals surface area contributed by atoms with E-state index in [1.807, 2.05) is 4.90 Å². The maximum absolute atomic E-state index is 12.8. The third-order valence-electron chi connectivity index (χ3n) is 5.26. The molecule has 126 valence electrons. The predicted molar refractivity (Wildman–Crippen MR) is 77.4 cm³/mol. The van der Waals surface area contributed by atoms with E-state index in [9.17, 15) is 18.0 Å². The van der Waals surface area contributed by atoms with E-state index in [1.54, 1.807) is 0 Å². The zero-order valence-corrected chi connectivity index (χ0v) is 12.9. The fourth-order valence-electron chi connectivity index (χ4n) is 3.79. The van der Waals surface area contributed by atoms with Gasteiger partial charge < -0.3 is 4.90 Å². The summed E-state index contributed by atoms with van der Waals surface area (Å²) in [7, 11) is 0. The van der Waals surface area contributed by atoms with E-state index in [4.69, 9.17) is 0 Å². The van der Waals surface area contributed by atoms with Gasteiger partial charge in [-0.2, -0.15) is 13.2 Å². The van der Waals surface area contributed by atoms with Gasteiger partial charge in [0, 0.05) is 18.1 Å². The van der Waals surface area contributed by atoms with E-state index in [0.29, 0.717) is 6.04 Å². The molecule has 0 aliphatic heterocycles. The third-order valence-corrected chi connectivity index (χ3v) is 5.26. The van der Waals surface area contributed by atoms with Crippen molar-refractivity contribution in [2.24, 2.45) is 0 Å². The molecule has 0 aromatic carbocycles. The van der Waals surface area contributed by atoms with Crippen LogP contribution in [0.1, 0.15) is 57.8 Å². The Balaban J connectivity index is 1.63. The van der Waals surface area contributed by atoms with E-state index in [1.165, 1.54) is 4.90 Å². The van der Waals surface area contributed by atoms with Crippen molar-refractivity contribution in [3.63, 3.8) is 0 Å². The van der Waals surface area contributed by atoms with Gasteiger partial charge in [-0.15, -0.1) is 0 Å². The normalized spacial score (nSPS) is 23.8. The molecule has 0 unspecified atom stereocenters. The number of nitrogens with zero attached hydrogens (tertiary/aromatic N) is 2. The Labute approximate surface area is 129 Å². The van der Waals surface area contributed by atoms with E-state index in [2.05, 4.69) is 0 Å². The van der Waals surface area contributed by atoms with Gasteiger partial charge in [-0.1, -0.05) is 19.3 Å². The van der Waals surface area contributed by atoms with Crippen LogP contribution in [0.3, 0.4) is 0 Å². The molecular formula is C16H25F3N2O. The monoisotopic (exact) mass is 318 g/mol. The van der Waals surface area contributed by atoms with Crippen LogP contribution in [0.2, 0.25) is 0 Å². The molecule has 0 aromatic heterocycles. The lowest BCUT2D eigenvalue weighted by Gasteiger charge is -2.39. The minimum absolute atomic E-state index is 0.0584. The summed E-state index contributed by atoms with van der Waals surface area (Å²) in [5.41, 5.74) is 0. The number of hydrogen-bond donors (Lipinski definition) is 0. The Kier molecular flexibility index (Phi) is 4.67. The molecule has 3 nitrogen and oxygen atoms in total. The summed E-state index contributed by atoms with van der Waals surface area (Å²) in [6.45, 7) is -1.01. The molecule has 22 heavy (non-hydrogen) atoms. The molecule has 3 rings (SSSR count). The van der Waals surface area contributed by atoms with Gasteiger partial charge in [-0.25, -0.2) is 0 Å². The van der Waals surface area contributed by atoms with Crippen LogP contribution in [0.15, 0.2) is 0 Å². The maximum Gasteiger partial charge on any atom is 0.401 e. The average molecular weight is 318 g/mol. The van der Waals surface area contributed by atoms with Crippen molar-refractivity contribution in [3.05, 3.63) is 0 Å². The molecule has 0 N–H and O–H groups in total. The van der Waals surface area contributed by atoms with Crippen LogP contribution in [0.4, 0.5) is 13.2 Å². The van der Waals surface area contributed by atoms with Gasteiger partial charge in [0.15, 0.2) is 0 Å². The van der Waals surface area contributed by atoms with Gasteiger partial charge in [-0.3, -0.25) is 9.69 Å². The standard InChI is InChI=1S/C16H25F3N2O/c17-16(18,19)11-20(12-6-3-7-12)10-15(22)21(14-8-9-14)13-4-1-2-5-13/h12-14H,1-11H2. The first kappa shape index (κ1) is 16.1. The lowest BCUT2D eigenvalue weighted by molar-refractivity contribution is -0.160. The summed E-state index contributed by atoms with van der Waals surface area (Å²) < 4.78 is 38.3. The molecule has 0 spiro atoms. The smallest absolute Gasteiger partial charge is 0.336 e. The number of hydrogen-bond acceptors (Lipinski definition) is 2. The number of carbonyl (C=O) groups is 1. The van der Waals surface area contributed by atoms with Gasteiger partial charge >= 0.3 is 6.18 Å². The quantitative estimate of drug-likeness (QED) is 0.750. The van der Waals surface area contributed by atoms with Crippen LogP contribution < -0.4 is 0 Å². The molecule has 3 fully saturated rings. The maximum atomic E-state index is 12.8. The Morgan fingerprint density at radius 2 is 1.41 bits per heavy atom. The lowest BCUT2D eigenvalue weighted by Crippen LogP contribution is -2.52. The molecule has 6 heteroatoms. The first-order valence-electron chi connectivity index (χ1n) is 8.56. The first-order chi connectivity index (χ1) is 10.4. The van der Waals surface area contributed by atoms with Gasteiger partial charge in [0.1, 0.15) is 0 Å². The minimum atomic E-state index is -4.23. The highest BCUT2D eigenvalue weighted by atomic mass is 19.4. The molecule has 0 saturated heterocycles. The molecule has 0 bridgehead atoms.